The minimum atomic E-state index is -4.68. The predicted molar refractivity (Wildman–Crippen MR) is 177 cm³/mol. The molecule has 1 aliphatic rings. The van der Waals surface area contributed by atoms with Gasteiger partial charge in [-0.2, -0.15) is 13.2 Å². The molecule has 1 saturated heterocycles. The van der Waals surface area contributed by atoms with Crippen molar-refractivity contribution in [2.75, 3.05) is 63.4 Å². The lowest BCUT2D eigenvalue weighted by Gasteiger charge is -2.31. The van der Waals surface area contributed by atoms with Gasteiger partial charge in [-0.1, -0.05) is 13.8 Å². The number of nitrogens with one attached hydrogen (secondary N) is 1. The number of piperidine rings is 1. The van der Waals surface area contributed by atoms with Crippen LogP contribution in [0.25, 0.3) is 33.8 Å². The quantitative estimate of drug-likeness (QED) is 0.170. The van der Waals surface area contributed by atoms with Gasteiger partial charge in [-0.05, 0) is 51.0 Å². The zero-order chi connectivity index (χ0) is 34.6. The summed E-state index contributed by atoms with van der Waals surface area (Å²) in [6.07, 6.45) is -1.55. The van der Waals surface area contributed by atoms with E-state index in [9.17, 15) is 18.0 Å². The van der Waals surface area contributed by atoms with Gasteiger partial charge in [0.1, 0.15) is 22.9 Å². The lowest BCUT2D eigenvalue weighted by Crippen LogP contribution is -2.37. The van der Waals surface area contributed by atoms with Crippen LogP contribution < -0.4 is 14.5 Å². The number of anilines is 2. The van der Waals surface area contributed by atoms with Gasteiger partial charge in [0.25, 0.3) is 0 Å². The fraction of sp³-hybridized carbons (Fsp3) is 0.500. The highest BCUT2D eigenvalue weighted by Gasteiger charge is 2.34. The molecule has 4 aromatic heterocycles. The van der Waals surface area contributed by atoms with Crippen LogP contribution in [0, 0.1) is 11.3 Å². The molecule has 258 valence electrons. The SMILES string of the molecule is CCOC(=O)C1CCN(c2ccc(-c3nc4nc(-c5cc(OCC)nc(C(F)(F)F)c5)cc(N(C)CC(C)(C)COC)c4[nH]3)cn2)CC1. The average Bonchev–Trinajstić information content (AvgIpc) is 3.48. The number of rotatable bonds is 12. The van der Waals surface area contributed by atoms with E-state index in [0.29, 0.717) is 74.1 Å². The fourth-order valence-corrected chi connectivity index (χ4v) is 6.06. The maximum Gasteiger partial charge on any atom is 0.433 e. The third kappa shape index (κ3) is 7.97. The number of hydrogen-bond acceptors (Lipinski definition) is 10. The molecule has 5 heterocycles. The van der Waals surface area contributed by atoms with Gasteiger partial charge < -0.3 is 29.0 Å². The second-order valence-electron chi connectivity index (χ2n) is 12.7. The molecular formula is C34H42F3N7O4. The molecular weight excluding hydrogens is 627 g/mol. The molecule has 0 bridgehead atoms. The topological polar surface area (TPSA) is 119 Å². The number of ether oxygens (including phenoxy) is 3. The van der Waals surface area contributed by atoms with Crippen LogP contribution in [0.15, 0.2) is 36.5 Å². The van der Waals surface area contributed by atoms with E-state index in [1.165, 1.54) is 6.07 Å². The minimum absolute atomic E-state index is 0.0984. The normalized spacial score (nSPS) is 14.4. The van der Waals surface area contributed by atoms with Gasteiger partial charge in [0.2, 0.25) is 5.88 Å². The Hall–Kier alpha value is -4.46. The van der Waals surface area contributed by atoms with Crippen LogP contribution in [-0.4, -0.2) is 84.5 Å². The van der Waals surface area contributed by atoms with Crippen molar-refractivity contribution in [3.8, 4) is 28.5 Å². The van der Waals surface area contributed by atoms with E-state index < -0.39 is 11.9 Å². The molecule has 0 aromatic carbocycles. The molecule has 0 spiro atoms. The van der Waals surface area contributed by atoms with Gasteiger partial charge in [0, 0.05) is 62.6 Å². The van der Waals surface area contributed by atoms with Crippen molar-refractivity contribution < 1.29 is 32.2 Å². The van der Waals surface area contributed by atoms with Crippen LogP contribution >= 0.6 is 0 Å². The number of esters is 1. The molecule has 5 rings (SSSR count). The van der Waals surface area contributed by atoms with Crippen molar-refractivity contribution in [1.29, 1.82) is 0 Å². The van der Waals surface area contributed by atoms with E-state index in [-0.39, 0.29) is 35.4 Å². The third-order valence-electron chi connectivity index (χ3n) is 8.19. The van der Waals surface area contributed by atoms with E-state index in [4.69, 9.17) is 24.2 Å². The number of H-pyrrole nitrogens is 1. The molecule has 0 amide bonds. The van der Waals surface area contributed by atoms with Crippen LogP contribution in [0.2, 0.25) is 0 Å². The second-order valence-corrected chi connectivity index (χ2v) is 12.7. The van der Waals surface area contributed by atoms with E-state index in [0.717, 1.165) is 17.4 Å². The van der Waals surface area contributed by atoms with E-state index >= 15 is 0 Å². The number of fused-ring (bicyclic) bond motifs is 1. The number of nitrogens with zero attached hydrogens (tertiary/aromatic N) is 6. The second kappa shape index (κ2) is 14.3. The number of pyridine rings is 3. The number of alkyl halides is 3. The molecule has 0 aliphatic carbocycles. The summed E-state index contributed by atoms with van der Waals surface area (Å²) in [5.74, 6) is 0.926. The lowest BCUT2D eigenvalue weighted by molar-refractivity contribution is -0.148. The van der Waals surface area contributed by atoms with Crippen molar-refractivity contribution >= 4 is 28.6 Å². The minimum Gasteiger partial charge on any atom is -0.478 e. The summed E-state index contributed by atoms with van der Waals surface area (Å²) in [4.78, 5) is 37.5. The highest BCUT2D eigenvalue weighted by atomic mass is 19.4. The van der Waals surface area contributed by atoms with Crippen LogP contribution in [-0.2, 0) is 20.4 Å². The molecule has 0 atom stereocenters. The standard InChI is InChI=1S/C34H42F3N7O4/c1-7-47-28-16-23(15-26(40-28)34(35,36)37)24-17-25(43(5)19-33(3,4)20-46-6)29-31(39-24)42-30(41-29)22-9-10-27(38-18-22)44-13-11-21(12-14-44)32(45)48-8-2/h9-10,15-18,21H,7-8,11-14,19-20H2,1-6H3,(H,39,41,42). The number of aromatic amines is 1. The summed E-state index contributed by atoms with van der Waals surface area (Å²) in [6.45, 7) is 10.6. The number of carbonyl (C=O) groups excluding carboxylic acids is 1. The number of carbonyl (C=O) groups is 1. The Morgan fingerprint density at radius 1 is 1.04 bits per heavy atom. The first-order valence-corrected chi connectivity index (χ1v) is 16.0. The van der Waals surface area contributed by atoms with Crippen molar-refractivity contribution in [2.45, 2.75) is 46.7 Å². The summed E-state index contributed by atoms with van der Waals surface area (Å²) >= 11 is 0. The van der Waals surface area contributed by atoms with Crippen LogP contribution in [0.3, 0.4) is 0 Å². The molecule has 0 unspecified atom stereocenters. The summed E-state index contributed by atoms with van der Waals surface area (Å²) in [5, 5.41) is 0. The predicted octanol–water partition coefficient (Wildman–Crippen LogP) is 6.39. The highest BCUT2D eigenvalue weighted by Crippen LogP contribution is 2.37. The van der Waals surface area contributed by atoms with Gasteiger partial charge in [-0.15, -0.1) is 0 Å². The van der Waals surface area contributed by atoms with Gasteiger partial charge in [0.15, 0.2) is 5.65 Å². The number of aromatic nitrogens is 5. The molecule has 14 heteroatoms. The van der Waals surface area contributed by atoms with E-state index in [1.54, 1.807) is 26.3 Å². The first kappa shape index (κ1) is 34.9. The van der Waals surface area contributed by atoms with E-state index in [2.05, 4.69) is 33.7 Å². The van der Waals surface area contributed by atoms with Crippen molar-refractivity contribution in [3.63, 3.8) is 0 Å². The Morgan fingerprint density at radius 3 is 2.42 bits per heavy atom. The van der Waals surface area contributed by atoms with Gasteiger partial charge in [-0.25, -0.2) is 19.9 Å². The van der Waals surface area contributed by atoms with Gasteiger partial charge >= 0.3 is 12.1 Å². The summed E-state index contributed by atoms with van der Waals surface area (Å²) in [5.41, 5.74) is 1.57. The Bertz CT molecular complexity index is 1720. The molecule has 1 N–H and O–H groups in total. The third-order valence-corrected chi connectivity index (χ3v) is 8.19. The largest absolute Gasteiger partial charge is 0.478 e. The molecule has 1 fully saturated rings. The van der Waals surface area contributed by atoms with Crippen LogP contribution in [0.1, 0.15) is 46.2 Å². The Kier molecular flexibility index (Phi) is 10.4. The summed E-state index contributed by atoms with van der Waals surface area (Å²) in [7, 11) is 3.56. The van der Waals surface area contributed by atoms with Gasteiger partial charge in [0.05, 0.1) is 37.1 Å². The molecule has 1 aliphatic heterocycles. The zero-order valence-electron chi connectivity index (χ0n) is 28.1. The molecule has 11 nitrogen and oxygen atoms in total. The first-order valence-electron chi connectivity index (χ1n) is 16.0. The molecule has 4 aromatic rings. The average molecular weight is 670 g/mol. The zero-order valence-corrected chi connectivity index (χ0v) is 28.1. The number of imidazole rings is 1. The highest BCUT2D eigenvalue weighted by molar-refractivity contribution is 5.91. The first-order chi connectivity index (χ1) is 22.8. The Balaban J connectivity index is 1.51. The molecule has 0 saturated carbocycles. The van der Waals surface area contributed by atoms with E-state index in [1.807, 2.05) is 31.0 Å². The van der Waals surface area contributed by atoms with Crippen LogP contribution in [0.4, 0.5) is 24.7 Å². The monoisotopic (exact) mass is 669 g/mol. The molecule has 48 heavy (non-hydrogen) atoms. The van der Waals surface area contributed by atoms with Crippen molar-refractivity contribution in [3.05, 3.63) is 42.2 Å². The number of halogens is 3. The molecule has 0 radical (unpaired) electrons. The summed E-state index contributed by atoms with van der Waals surface area (Å²) in [6, 6.07) is 8.01. The Morgan fingerprint density at radius 2 is 1.79 bits per heavy atom. The van der Waals surface area contributed by atoms with Crippen molar-refractivity contribution in [1.82, 2.24) is 24.9 Å². The number of methoxy groups -OCH3 is 1. The maximum absolute atomic E-state index is 13.8. The smallest absolute Gasteiger partial charge is 0.433 e. The Labute approximate surface area is 277 Å². The fourth-order valence-electron chi connectivity index (χ4n) is 6.06. The number of hydrogen-bond donors (Lipinski definition) is 1. The van der Waals surface area contributed by atoms with Crippen molar-refractivity contribution in [2.24, 2.45) is 11.3 Å². The van der Waals surface area contributed by atoms with Crippen LogP contribution in [0.5, 0.6) is 5.88 Å². The van der Waals surface area contributed by atoms with Gasteiger partial charge in [-0.3, -0.25) is 4.79 Å². The lowest BCUT2D eigenvalue weighted by atomic mass is 9.94. The maximum atomic E-state index is 13.8. The summed E-state index contributed by atoms with van der Waals surface area (Å²) < 4.78 is 57.5.